The molecule has 1 heterocycles. The zero-order valence-corrected chi connectivity index (χ0v) is 9.32. The van der Waals surface area contributed by atoms with Gasteiger partial charge in [-0.3, -0.25) is 0 Å². The van der Waals surface area contributed by atoms with Gasteiger partial charge in [0, 0.05) is 18.3 Å². The van der Waals surface area contributed by atoms with Gasteiger partial charge in [0.15, 0.2) is 0 Å². The van der Waals surface area contributed by atoms with Gasteiger partial charge in [-0.05, 0) is 18.7 Å². The maximum absolute atomic E-state index is 5.48. The molecule has 1 aromatic heterocycles. The van der Waals surface area contributed by atoms with E-state index in [0.717, 1.165) is 18.7 Å². The van der Waals surface area contributed by atoms with Gasteiger partial charge in [-0.2, -0.15) is 0 Å². The van der Waals surface area contributed by atoms with Gasteiger partial charge in [-0.15, -0.1) is 0 Å². The van der Waals surface area contributed by atoms with Crippen molar-refractivity contribution in [3.63, 3.8) is 0 Å². The molecular formula is C11H18N2O2. The normalized spacial score (nSPS) is 10.3. The summed E-state index contributed by atoms with van der Waals surface area (Å²) < 4.78 is 10.6. The number of rotatable bonds is 7. The van der Waals surface area contributed by atoms with Crippen molar-refractivity contribution in [1.29, 1.82) is 0 Å². The van der Waals surface area contributed by atoms with E-state index in [0.29, 0.717) is 19.1 Å². The number of likely N-dealkylation sites (N-methyl/N-ethyl adjacent to an activating group) is 1. The highest BCUT2D eigenvalue weighted by molar-refractivity contribution is 5.24. The predicted octanol–water partition coefficient (Wildman–Crippen LogP) is 1.22. The highest BCUT2D eigenvalue weighted by Gasteiger charge is 2.02. The van der Waals surface area contributed by atoms with E-state index in [1.165, 1.54) is 0 Å². The minimum Gasteiger partial charge on any atom is -0.481 e. The lowest BCUT2D eigenvalue weighted by Crippen LogP contribution is -2.18. The van der Waals surface area contributed by atoms with Gasteiger partial charge < -0.3 is 14.8 Å². The molecule has 0 aliphatic heterocycles. The first-order chi connectivity index (χ1) is 7.38. The molecule has 15 heavy (non-hydrogen) atoms. The summed E-state index contributed by atoms with van der Waals surface area (Å²) in [6.07, 6.45) is 1.71. The van der Waals surface area contributed by atoms with Gasteiger partial charge >= 0.3 is 0 Å². The van der Waals surface area contributed by atoms with Gasteiger partial charge in [0.1, 0.15) is 0 Å². The first kappa shape index (κ1) is 11.9. The maximum atomic E-state index is 5.48. The van der Waals surface area contributed by atoms with Crippen molar-refractivity contribution in [1.82, 2.24) is 10.3 Å². The largest absolute Gasteiger partial charge is 0.481 e. The van der Waals surface area contributed by atoms with Crippen LogP contribution in [0.1, 0.15) is 12.5 Å². The monoisotopic (exact) mass is 210 g/mol. The minimum atomic E-state index is 0.544. The van der Waals surface area contributed by atoms with Crippen LogP contribution in [0.15, 0.2) is 18.3 Å². The van der Waals surface area contributed by atoms with Gasteiger partial charge in [-0.1, -0.05) is 6.92 Å². The van der Waals surface area contributed by atoms with Gasteiger partial charge in [0.05, 0.1) is 20.3 Å². The van der Waals surface area contributed by atoms with Crippen molar-refractivity contribution in [3.05, 3.63) is 23.9 Å². The van der Waals surface area contributed by atoms with Crippen molar-refractivity contribution in [2.24, 2.45) is 0 Å². The molecule has 0 spiro atoms. The van der Waals surface area contributed by atoms with Gasteiger partial charge in [-0.25, -0.2) is 4.98 Å². The molecule has 1 rings (SSSR count). The number of nitrogens with zero attached hydrogens (tertiary/aromatic N) is 1. The third kappa shape index (κ3) is 4.27. The average Bonchev–Trinajstić information content (AvgIpc) is 2.29. The van der Waals surface area contributed by atoms with E-state index in [2.05, 4.69) is 17.2 Å². The molecule has 0 fully saturated rings. The number of hydrogen-bond donors (Lipinski definition) is 1. The van der Waals surface area contributed by atoms with Crippen LogP contribution in [0.4, 0.5) is 0 Å². The summed E-state index contributed by atoms with van der Waals surface area (Å²) in [6.45, 7) is 5.16. The Hall–Kier alpha value is -1.13. The third-order valence-corrected chi connectivity index (χ3v) is 1.97. The molecule has 0 aromatic carbocycles. The standard InChI is InChI=1S/C11H18N2O2/c1-3-12-7-8-15-9-10-5-4-6-13-11(10)14-2/h4-6,12H,3,7-9H2,1-2H3. The zero-order valence-electron chi connectivity index (χ0n) is 9.32. The highest BCUT2D eigenvalue weighted by atomic mass is 16.5. The van der Waals surface area contributed by atoms with E-state index in [4.69, 9.17) is 9.47 Å². The average molecular weight is 210 g/mol. The van der Waals surface area contributed by atoms with E-state index in [1.54, 1.807) is 13.3 Å². The molecule has 0 saturated carbocycles. The summed E-state index contributed by atoms with van der Waals surface area (Å²) in [5.41, 5.74) is 0.983. The molecule has 1 N–H and O–H groups in total. The summed E-state index contributed by atoms with van der Waals surface area (Å²) in [7, 11) is 1.62. The SMILES string of the molecule is CCNCCOCc1cccnc1OC. The molecule has 1 aromatic rings. The maximum Gasteiger partial charge on any atom is 0.218 e. The Morgan fingerprint density at radius 3 is 3.07 bits per heavy atom. The van der Waals surface area contributed by atoms with Crippen LogP contribution >= 0.6 is 0 Å². The van der Waals surface area contributed by atoms with Crippen LogP contribution in [-0.4, -0.2) is 31.8 Å². The summed E-state index contributed by atoms with van der Waals surface area (Å²) in [4.78, 5) is 4.09. The van der Waals surface area contributed by atoms with Crippen molar-refractivity contribution in [3.8, 4) is 5.88 Å². The smallest absolute Gasteiger partial charge is 0.218 e. The highest BCUT2D eigenvalue weighted by Crippen LogP contribution is 2.13. The van der Waals surface area contributed by atoms with E-state index in [-0.39, 0.29) is 0 Å². The molecule has 4 nitrogen and oxygen atoms in total. The number of hydrogen-bond acceptors (Lipinski definition) is 4. The summed E-state index contributed by atoms with van der Waals surface area (Å²) in [5.74, 6) is 0.640. The van der Waals surface area contributed by atoms with Crippen molar-refractivity contribution in [2.75, 3.05) is 26.8 Å². The Morgan fingerprint density at radius 1 is 1.47 bits per heavy atom. The molecule has 0 amide bonds. The Kier molecular flexibility index (Phi) is 5.73. The zero-order chi connectivity index (χ0) is 10.9. The first-order valence-electron chi connectivity index (χ1n) is 5.14. The van der Waals surface area contributed by atoms with Crippen molar-refractivity contribution < 1.29 is 9.47 Å². The van der Waals surface area contributed by atoms with Crippen molar-refractivity contribution >= 4 is 0 Å². The number of aromatic nitrogens is 1. The molecule has 84 valence electrons. The minimum absolute atomic E-state index is 0.544. The predicted molar refractivity (Wildman–Crippen MR) is 59.0 cm³/mol. The molecule has 0 bridgehead atoms. The molecule has 0 atom stereocenters. The van der Waals surface area contributed by atoms with Crippen molar-refractivity contribution in [2.45, 2.75) is 13.5 Å². The lowest BCUT2D eigenvalue weighted by Gasteiger charge is -2.07. The summed E-state index contributed by atoms with van der Waals surface area (Å²) in [5, 5.41) is 3.19. The fourth-order valence-electron chi connectivity index (χ4n) is 1.22. The number of pyridine rings is 1. The lowest BCUT2D eigenvalue weighted by molar-refractivity contribution is 0.120. The Morgan fingerprint density at radius 2 is 2.33 bits per heavy atom. The van der Waals surface area contributed by atoms with Crippen LogP contribution in [0.5, 0.6) is 5.88 Å². The van der Waals surface area contributed by atoms with Crippen LogP contribution in [0, 0.1) is 0 Å². The topological polar surface area (TPSA) is 43.4 Å². The van der Waals surface area contributed by atoms with Crippen LogP contribution in [0.2, 0.25) is 0 Å². The number of ether oxygens (including phenoxy) is 2. The van der Waals surface area contributed by atoms with E-state index >= 15 is 0 Å². The molecule has 4 heteroatoms. The van der Waals surface area contributed by atoms with E-state index in [1.807, 2.05) is 12.1 Å². The molecule has 0 aliphatic carbocycles. The fourth-order valence-corrected chi connectivity index (χ4v) is 1.22. The molecular weight excluding hydrogens is 192 g/mol. The lowest BCUT2D eigenvalue weighted by atomic mass is 10.3. The van der Waals surface area contributed by atoms with E-state index < -0.39 is 0 Å². The second-order valence-electron chi connectivity index (χ2n) is 3.08. The molecule has 0 unspecified atom stereocenters. The summed E-state index contributed by atoms with van der Waals surface area (Å²) in [6, 6.07) is 3.84. The third-order valence-electron chi connectivity index (χ3n) is 1.97. The molecule has 0 radical (unpaired) electrons. The van der Waals surface area contributed by atoms with Gasteiger partial charge in [0.2, 0.25) is 5.88 Å². The number of methoxy groups -OCH3 is 1. The first-order valence-corrected chi connectivity index (χ1v) is 5.14. The Bertz CT molecular complexity index is 279. The number of nitrogens with one attached hydrogen (secondary N) is 1. The van der Waals surface area contributed by atoms with Crippen LogP contribution in [0.3, 0.4) is 0 Å². The van der Waals surface area contributed by atoms with Crippen LogP contribution < -0.4 is 10.1 Å². The van der Waals surface area contributed by atoms with E-state index in [9.17, 15) is 0 Å². The Balaban J connectivity index is 2.30. The van der Waals surface area contributed by atoms with Crippen LogP contribution in [0.25, 0.3) is 0 Å². The second-order valence-corrected chi connectivity index (χ2v) is 3.08. The second kappa shape index (κ2) is 7.20. The Labute approximate surface area is 90.6 Å². The summed E-state index contributed by atoms with van der Waals surface area (Å²) >= 11 is 0. The molecule has 0 aliphatic rings. The van der Waals surface area contributed by atoms with Crippen LogP contribution in [-0.2, 0) is 11.3 Å². The van der Waals surface area contributed by atoms with Gasteiger partial charge in [0.25, 0.3) is 0 Å². The quantitative estimate of drug-likeness (QED) is 0.687. The fraction of sp³-hybridized carbons (Fsp3) is 0.545. The molecule has 0 saturated heterocycles.